The van der Waals surface area contributed by atoms with Gasteiger partial charge in [-0.25, -0.2) is 20.1 Å². The van der Waals surface area contributed by atoms with Crippen LogP contribution in [0.25, 0.3) is 0 Å². The molecule has 5 rings (SSSR count). The summed E-state index contributed by atoms with van der Waals surface area (Å²) in [4.78, 5) is 24.3. The zero-order valence-corrected chi connectivity index (χ0v) is 18.6. The highest BCUT2D eigenvalue weighted by atomic mass is 35.5. The third-order valence-corrected chi connectivity index (χ3v) is 8.17. The van der Waals surface area contributed by atoms with E-state index in [4.69, 9.17) is 16.9 Å². The molecule has 1 aromatic rings. The van der Waals surface area contributed by atoms with Crippen molar-refractivity contribution in [3.8, 4) is 6.07 Å². The monoisotopic (exact) mass is 455 g/mol. The van der Waals surface area contributed by atoms with Gasteiger partial charge in [0, 0.05) is 29.4 Å². The number of hydrazine groups is 1. The molecule has 0 saturated carbocycles. The summed E-state index contributed by atoms with van der Waals surface area (Å²) < 4.78 is 0. The zero-order chi connectivity index (χ0) is 21.5. The number of hydrogen-bond acceptors (Lipinski definition) is 6. The van der Waals surface area contributed by atoms with Crippen molar-refractivity contribution >= 4 is 45.0 Å². The van der Waals surface area contributed by atoms with Gasteiger partial charge in [0.05, 0.1) is 47.9 Å². The summed E-state index contributed by atoms with van der Waals surface area (Å²) in [5, 5.41) is 13.9. The molecule has 1 saturated heterocycles. The van der Waals surface area contributed by atoms with Gasteiger partial charge in [0.15, 0.2) is 0 Å². The molecular weight excluding hydrogens is 434 g/mol. The second-order valence-corrected chi connectivity index (χ2v) is 9.81. The Morgan fingerprint density at radius 2 is 2.29 bits per heavy atom. The van der Waals surface area contributed by atoms with Crippen LogP contribution >= 0.6 is 22.1 Å². The van der Waals surface area contributed by atoms with E-state index in [1.807, 2.05) is 30.5 Å². The van der Waals surface area contributed by atoms with Crippen LogP contribution in [-0.4, -0.2) is 65.9 Å². The van der Waals surface area contributed by atoms with Crippen LogP contribution in [0.2, 0.25) is 5.02 Å². The Hall–Kier alpha value is -2.64. The normalized spacial score (nSPS) is 24.5. The number of carbonyl (C=O) groups is 1. The van der Waals surface area contributed by atoms with Crippen LogP contribution in [0.1, 0.15) is 6.42 Å². The molecule has 1 aromatic carbocycles. The summed E-state index contributed by atoms with van der Waals surface area (Å²) in [6.07, 6.45) is 6.43. The maximum absolute atomic E-state index is 12.9. The molecular formula is C21H22ClN7OS. The number of hydrogen-bond donors (Lipinski definition) is 2. The number of anilines is 1. The maximum Gasteiger partial charge on any atom is 0.333 e. The van der Waals surface area contributed by atoms with Gasteiger partial charge in [-0.05, 0) is 24.0 Å². The van der Waals surface area contributed by atoms with Crippen LogP contribution in [0.5, 0.6) is 0 Å². The van der Waals surface area contributed by atoms with Gasteiger partial charge in [0.2, 0.25) is 0 Å². The minimum atomic E-state index is -0.234. The predicted octanol–water partition coefficient (Wildman–Crippen LogP) is 2.45. The predicted molar refractivity (Wildman–Crippen MR) is 125 cm³/mol. The molecule has 4 heterocycles. The molecule has 4 aliphatic heterocycles. The number of amides is 2. The van der Waals surface area contributed by atoms with Gasteiger partial charge >= 0.3 is 6.03 Å². The summed E-state index contributed by atoms with van der Waals surface area (Å²) in [6, 6.07) is 9.58. The van der Waals surface area contributed by atoms with E-state index in [-0.39, 0.29) is 29.1 Å². The molecule has 2 N–H and O–H groups in total. The smallest absolute Gasteiger partial charge is 0.333 e. The number of nitriles is 1. The fraction of sp³-hybridized carbons (Fsp3) is 0.333. The van der Waals surface area contributed by atoms with Crippen LogP contribution in [-0.2, 0) is 0 Å². The summed E-state index contributed by atoms with van der Waals surface area (Å²) in [5.74, 6) is 0. The number of fused-ring (bicyclic) bond motifs is 4. The van der Waals surface area contributed by atoms with Crippen LogP contribution in [0, 0.1) is 11.3 Å². The number of nitrogens with zero attached hydrogens (tertiary/aromatic N) is 5. The van der Waals surface area contributed by atoms with Crippen molar-refractivity contribution < 1.29 is 4.79 Å². The van der Waals surface area contributed by atoms with Gasteiger partial charge in [-0.1, -0.05) is 23.7 Å². The number of para-hydroxylation sites is 1. The largest absolute Gasteiger partial charge is 0.343 e. The molecule has 1 fully saturated rings. The highest BCUT2D eigenvalue weighted by Crippen LogP contribution is 2.45. The summed E-state index contributed by atoms with van der Waals surface area (Å²) in [7, 11) is -0.125. The average molecular weight is 456 g/mol. The van der Waals surface area contributed by atoms with Crippen molar-refractivity contribution in [2.45, 2.75) is 12.6 Å². The summed E-state index contributed by atoms with van der Waals surface area (Å²) in [5.41, 5.74) is 6.58. The average Bonchev–Trinajstić information content (AvgIpc) is 3.43. The van der Waals surface area contributed by atoms with Crippen LogP contribution in [0.3, 0.4) is 0 Å². The van der Waals surface area contributed by atoms with E-state index in [0.717, 1.165) is 5.69 Å². The molecule has 0 aromatic heterocycles. The number of nitrogens with one attached hydrogen (secondary N) is 2. The van der Waals surface area contributed by atoms with Gasteiger partial charge in [-0.2, -0.15) is 5.26 Å². The van der Waals surface area contributed by atoms with Gasteiger partial charge in [-0.3, -0.25) is 4.99 Å². The quantitative estimate of drug-likeness (QED) is 0.540. The number of carbonyl (C=O) groups excluding carboxylic acids is 1. The Morgan fingerprint density at radius 3 is 3.10 bits per heavy atom. The van der Waals surface area contributed by atoms with Gasteiger partial charge in [0.25, 0.3) is 0 Å². The minimum absolute atomic E-state index is 0.125. The second-order valence-electron chi connectivity index (χ2n) is 7.55. The van der Waals surface area contributed by atoms with Crippen molar-refractivity contribution in [2.24, 2.45) is 4.99 Å². The van der Waals surface area contributed by atoms with Crippen molar-refractivity contribution in [1.29, 1.82) is 5.26 Å². The van der Waals surface area contributed by atoms with Crippen LogP contribution in [0.4, 0.5) is 10.5 Å². The van der Waals surface area contributed by atoms with Gasteiger partial charge in [0.1, 0.15) is 6.17 Å². The Balaban J connectivity index is 1.55. The molecule has 8 nitrogen and oxygen atoms in total. The standard InChI is InChI=1S/C21H22ClN7OS/c1-31-18-10-24-9-14(18)15-11-27(17-6-3-2-5-16(17)22)12-19-28(20(15)31)13-26-29(19)21(30)25-8-4-7-23/h2-3,5-6,10-11,19,26H,4,8-9,12-13H2,1H3,(H,25,30). The van der Waals surface area contributed by atoms with E-state index >= 15 is 0 Å². The molecule has 31 heavy (non-hydrogen) atoms. The number of halogens is 1. The fourth-order valence-corrected chi connectivity index (χ4v) is 6.64. The number of urea groups is 1. The Morgan fingerprint density at radius 1 is 1.45 bits per heavy atom. The molecule has 4 aliphatic rings. The molecule has 0 bridgehead atoms. The Labute approximate surface area is 188 Å². The van der Waals surface area contributed by atoms with Crippen molar-refractivity contribution in [3.63, 3.8) is 0 Å². The number of allylic oxidation sites excluding steroid dienone is 1. The topological polar surface area (TPSA) is 87.0 Å². The van der Waals surface area contributed by atoms with Crippen LogP contribution in [0.15, 0.2) is 51.5 Å². The minimum Gasteiger partial charge on any atom is -0.343 e. The lowest BCUT2D eigenvalue weighted by atomic mass is 10.1. The lowest BCUT2D eigenvalue weighted by molar-refractivity contribution is 0.156. The SMILES string of the molecule is CS1=C2C(=CN(c3ccccc3Cl)CC3N2CNN3C(=O)NCCC#N)C2=C1C=NC2. The molecule has 0 aliphatic carbocycles. The fourth-order valence-electron chi connectivity index (χ4n) is 4.36. The van der Waals surface area contributed by atoms with Gasteiger partial charge in [-0.15, -0.1) is 10.5 Å². The zero-order valence-electron chi connectivity index (χ0n) is 17.0. The third-order valence-electron chi connectivity index (χ3n) is 5.80. The number of rotatable bonds is 3. The molecule has 10 heteroatoms. The van der Waals surface area contributed by atoms with Crippen molar-refractivity contribution in [3.05, 3.63) is 51.5 Å². The highest BCUT2D eigenvalue weighted by Gasteiger charge is 2.44. The molecule has 0 spiro atoms. The first kappa shape index (κ1) is 20.3. The molecule has 2 atom stereocenters. The van der Waals surface area contributed by atoms with E-state index < -0.39 is 0 Å². The van der Waals surface area contributed by atoms with E-state index in [1.165, 1.54) is 21.0 Å². The lowest BCUT2D eigenvalue weighted by Gasteiger charge is -2.31. The second kappa shape index (κ2) is 8.13. The van der Waals surface area contributed by atoms with E-state index in [0.29, 0.717) is 31.3 Å². The summed E-state index contributed by atoms with van der Waals surface area (Å²) in [6.45, 7) is 2.09. The Bertz CT molecular complexity index is 1120. The molecule has 2 amide bonds. The first-order valence-corrected chi connectivity index (χ1v) is 12.0. The summed E-state index contributed by atoms with van der Waals surface area (Å²) >= 11 is 6.55. The Kier molecular flexibility index (Phi) is 5.32. The molecule has 2 unspecified atom stereocenters. The number of benzene rings is 1. The lowest BCUT2D eigenvalue weighted by Crippen LogP contribution is -2.53. The van der Waals surface area contributed by atoms with Crippen LogP contribution < -0.4 is 15.6 Å². The van der Waals surface area contributed by atoms with Gasteiger partial charge < -0.3 is 10.2 Å². The molecule has 160 valence electrons. The third kappa shape index (κ3) is 3.36. The van der Waals surface area contributed by atoms with E-state index in [2.05, 4.69) is 44.1 Å². The van der Waals surface area contributed by atoms with E-state index in [1.54, 1.807) is 5.01 Å². The number of aliphatic imine (C=N–C) groups is 1. The maximum atomic E-state index is 12.9. The first-order chi connectivity index (χ1) is 15.1. The highest BCUT2D eigenvalue weighted by molar-refractivity contribution is 8.20. The first-order valence-electron chi connectivity index (χ1n) is 10.0. The van der Waals surface area contributed by atoms with E-state index in [9.17, 15) is 4.79 Å². The molecule has 0 radical (unpaired) electrons. The van der Waals surface area contributed by atoms with Crippen molar-refractivity contribution in [2.75, 3.05) is 37.5 Å². The van der Waals surface area contributed by atoms with Crippen molar-refractivity contribution in [1.82, 2.24) is 20.7 Å².